The lowest BCUT2D eigenvalue weighted by atomic mass is 10.1. The van der Waals surface area contributed by atoms with Gasteiger partial charge >= 0.3 is 6.09 Å². The van der Waals surface area contributed by atoms with Crippen LogP contribution in [0, 0.1) is 6.92 Å². The van der Waals surface area contributed by atoms with Gasteiger partial charge in [-0.05, 0) is 73.1 Å². The van der Waals surface area contributed by atoms with Gasteiger partial charge in [0.1, 0.15) is 25.0 Å². The molecule has 2 N–H and O–H groups in total. The number of nitrogens with zero attached hydrogens (tertiary/aromatic N) is 1. The molecule has 0 saturated heterocycles. The number of amides is 2. The summed E-state index contributed by atoms with van der Waals surface area (Å²) < 4.78 is 11.3. The highest BCUT2D eigenvalue weighted by atomic mass is 16.5. The van der Waals surface area contributed by atoms with Crippen molar-refractivity contribution in [2.24, 2.45) is 0 Å². The van der Waals surface area contributed by atoms with Crippen LogP contribution in [0.4, 0.5) is 10.5 Å². The molecule has 0 saturated carbocycles. The summed E-state index contributed by atoms with van der Waals surface area (Å²) in [5.74, 6) is 0.279. The highest BCUT2D eigenvalue weighted by Crippen LogP contribution is 2.22. The zero-order valence-corrected chi connectivity index (χ0v) is 23.1. The zero-order chi connectivity index (χ0) is 28.3. The van der Waals surface area contributed by atoms with Crippen LogP contribution in [0.15, 0.2) is 103 Å². The van der Waals surface area contributed by atoms with Crippen LogP contribution in [0.1, 0.15) is 33.9 Å². The van der Waals surface area contributed by atoms with Crippen LogP contribution in [-0.4, -0.2) is 31.0 Å². The number of benzene rings is 4. The lowest BCUT2D eigenvalue weighted by Crippen LogP contribution is -2.37. The lowest BCUT2D eigenvalue weighted by molar-refractivity contribution is -0.118. The van der Waals surface area contributed by atoms with Gasteiger partial charge in [-0.15, -0.1) is 0 Å². The van der Waals surface area contributed by atoms with Gasteiger partial charge in [0, 0.05) is 12.2 Å². The molecule has 1 atom stereocenters. The average molecular weight is 538 g/mol. The largest absolute Gasteiger partial charge is 0.489 e. The Morgan fingerprint density at radius 3 is 2.02 bits per heavy atom. The van der Waals surface area contributed by atoms with Crippen molar-refractivity contribution in [1.82, 2.24) is 10.2 Å². The molecule has 2 amide bonds. The molecule has 0 aliphatic heterocycles. The molecule has 0 heterocycles. The Bertz CT molecular complexity index is 1390. The molecule has 4 aromatic carbocycles. The van der Waals surface area contributed by atoms with Crippen molar-refractivity contribution in [2.75, 3.05) is 19.4 Å². The molecule has 206 valence electrons. The second-order valence-corrected chi connectivity index (χ2v) is 9.92. The number of anilines is 1. The Balaban J connectivity index is 1.49. The number of ether oxygens (including phenoxy) is 2. The minimum Gasteiger partial charge on any atom is -0.489 e. The van der Waals surface area contributed by atoms with Crippen molar-refractivity contribution in [3.05, 3.63) is 131 Å². The highest BCUT2D eigenvalue weighted by molar-refractivity contribution is 5.97. The highest BCUT2D eigenvalue weighted by Gasteiger charge is 2.24. The maximum Gasteiger partial charge on any atom is 0.408 e. The first-order chi connectivity index (χ1) is 19.4. The summed E-state index contributed by atoms with van der Waals surface area (Å²) in [4.78, 5) is 28.4. The minimum atomic E-state index is -0.982. The fraction of sp³-hybridized carbons (Fsp3) is 0.212. The first-order valence-corrected chi connectivity index (χ1v) is 13.2. The molecule has 0 bridgehead atoms. The van der Waals surface area contributed by atoms with Gasteiger partial charge in [0.15, 0.2) is 0 Å². The normalized spacial score (nSPS) is 11.5. The molecule has 0 aliphatic rings. The number of rotatable bonds is 11. The third-order valence-corrected chi connectivity index (χ3v) is 6.10. The molecular formula is C33H35N3O4. The second-order valence-electron chi connectivity index (χ2n) is 9.92. The van der Waals surface area contributed by atoms with Crippen LogP contribution in [0.3, 0.4) is 0 Å². The minimum absolute atomic E-state index is 0.0963. The van der Waals surface area contributed by atoms with Gasteiger partial charge in [-0.3, -0.25) is 4.79 Å². The van der Waals surface area contributed by atoms with Crippen molar-refractivity contribution in [2.45, 2.75) is 32.7 Å². The van der Waals surface area contributed by atoms with Gasteiger partial charge in [-0.25, -0.2) is 4.79 Å². The van der Waals surface area contributed by atoms with E-state index in [4.69, 9.17) is 9.47 Å². The molecule has 0 radical (unpaired) electrons. The maximum atomic E-state index is 13.5. The van der Waals surface area contributed by atoms with Crippen LogP contribution >= 0.6 is 0 Å². The van der Waals surface area contributed by atoms with Crippen molar-refractivity contribution in [1.29, 1.82) is 0 Å². The van der Waals surface area contributed by atoms with Crippen LogP contribution in [0.5, 0.6) is 5.75 Å². The smallest absolute Gasteiger partial charge is 0.408 e. The first-order valence-electron chi connectivity index (χ1n) is 13.2. The van der Waals surface area contributed by atoms with Gasteiger partial charge < -0.3 is 25.0 Å². The standard InChI is InChI=1S/C33H35N3O4/c1-24-18-27(21-36(2)3)20-29(19-24)34-32(37)31(35-33(38)40-23-26-12-8-5-9-13-26)28-14-16-30(17-15-28)39-22-25-10-6-4-7-11-25/h4-20,31H,21-23H2,1-3H3,(H,34,37)(H,35,38)/t31-/m1/s1. The quantitative estimate of drug-likeness (QED) is 0.237. The van der Waals surface area contributed by atoms with E-state index in [0.717, 1.165) is 28.8 Å². The van der Waals surface area contributed by atoms with Gasteiger partial charge in [0.2, 0.25) is 0 Å². The van der Waals surface area contributed by atoms with Crippen molar-refractivity contribution in [3.63, 3.8) is 0 Å². The van der Waals surface area contributed by atoms with E-state index >= 15 is 0 Å². The third kappa shape index (κ3) is 8.71. The van der Waals surface area contributed by atoms with Crippen molar-refractivity contribution in [3.8, 4) is 5.75 Å². The molecule has 7 nitrogen and oxygen atoms in total. The first kappa shape index (κ1) is 28.4. The Morgan fingerprint density at radius 1 is 0.775 bits per heavy atom. The summed E-state index contributed by atoms with van der Waals surface area (Å²) in [6, 6.07) is 31.3. The van der Waals surface area contributed by atoms with E-state index in [1.165, 1.54) is 0 Å². The Hall–Kier alpha value is -4.62. The Labute approximate surface area is 235 Å². The fourth-order valence-electron chi connectivity index (χ4n) is 4.29. The molecule has 0 fully saturated rings. The molecule has 40 heavy (non-hydrogen) atoms. The number of hydrogen-bond donors (Lipinski definition) is 2. The number of nitrogens with one attached hydrogen (secondary N) is 2. The number of carbonyl (C=O) groups excluding carboxylic acids is 2. The van der Waals surface area contributed by atoms with Crippen LogP contribution in [-0.2, 0) is 29.3 Å². The number of carbonyl (C=O) groups is 2. The number of alkyl carbamates (subject to hydrolysis) is 1. The van der Waals surface area contributed by atoms with Gasteiger partial charge in [-0.2, -0.15) is 0 Å². The molecular weight excluding hydrogens is 502 g/mol. The van der Waals surface area contributed by atoms with E-state index in [0.29, 0.717) is 23.6 Å². The Morgan fingerprint density at radius 2 is 1.40 bits per heavy atom. The molecule has 4 aromatic rings. The lowest BCUT2D eigenvalue weighted by Gasteiger charge is -2.20. The third-order valence-electron chi connectivity index (χ3n) is 6.10. The SMILES string of the molecule is Cc1cc(CN(C)C)cc(NC(=O)[C@H](NC(=O)OCc2ccccc2)c2ccc(OCc3ccccc3)cc2)c1. The van der Waals surface area contributed by atoms with Crippen LogP contribution in [0.25, 0.3) is 0 Å². The maximum absolute atomic E-state index is 13.5. The molecule has 0 aromatic heterocycles. The van der Waals surface area contributed by atoms with Crippen LogP contribution in [0.2, 0.25) is 0 Å². The summed E-state index contributed by atoms with van der Waals surface area (Å²) in [6.45, 7) is 3.25. The summed E-state index contributed by atoms with van der Waals surface area (Å²) in [7, 11) is 3.99. The topological polar surface area (TPSA) is 79.9 Å². The van der Waals surface area contributed by atoms with E-state index in [1.807, 2.05) is 93.8 Å². The zero-order valence-electron chi connectivity index (χ0n) is 23.1. The monoisotopic (exact) mass is 537 g/mol. The fourth-order valence-corrected chi connectivity index (χ4v) is 4.29. The Kier molecular flexibility index (Phi) is 9.91. The molecule has 7 heteroatoms. The molecule has 0 spiro atoms. The summed E-state index contributed by atoms with van der Waals surface area (Å²) in [6.07, 6.45) is -0.689. The van der Waals surface area contributed by atoms with Crippen molar-refractivity contribution < 1.29 is 19.1 Å². The summed E-state index contributed by atoms with van der Waals surface area (Å²) in [5.41, 5.74) is 5.27. The van der Waals surface area contributed by atoms with E-state index < -0.39 is 12.1 Å². The summed E-state index contributed by atoms with van der Waals surface area (Å²) >= 11 is 0. The van der Waals surface area contributed by atoms with E-state index in [-0.39, 0.29) is 12.5 Å². The van der Waals surface area contributed by atoms with E-state index in [1.54, 1.807) is 24.3 Å². The number of hydrogen-bond acceptors (Lipinski definition) is 5. The average Bonchev–Trinajstić information content (AvgIpc) is 2.94. The van der Waals surface area contributed by atoms with Gasteiger partial charge in [-0.1, -0.05) is 78.9 Å². The van der Waals surface area contributed by atoms with Gasteiger partial charge in [0.25, 0.3) is 5.91 Å². The number of aryl methyl sites for hydroxylation is 1. The van der Waals surface area contributed by atoms with Gasteiger partial charge in [0.05, 0.1) is 0 Å². The molecule has 4 rings (SSSR count). The van der Waals surface area contributed by atoms with Crippen LogP contribution < -0.4 is 15.4 Å². The van der Waals surface area contributed by atoms with Crippen molar-refractivity contribution >= 4 is 17.7 Å². The second kappa shape index (κ2) is 14.0. The molecule has 0 aliphatic carbocycles. The predicted octanol–water partition coefficient (Wildman–Crippen LogP) is 6.24. The van der Waals surface area contributed by atoms with E-state index in [9.17, 15) is 9.59 Å². The van der Waals surface area contributed by atoms with E-state index in [2.05, 4.69) is 21.6 Å². The summed E-state index contributed by atoms with van der Waals surface area (Å²) in [5, 5.41) is 5.72. The molecule has 0 unspecified atom stereocenters. The predicted molar refractivity (Wildman–Crippen MR) is 157 cm³/mol.